The van der Waals surface area contributed by atoms with E-state index in [0.717, 1.165) is 6.07 Å². The van der Waals surface area contributed by atoms with Crippen molar-refractivity contribution in [2.75, 3.05) is 0 Å². The van der Waals surface area contributed by atoms with Crippen molar-refractivity contribution < 1.29 is 23.5 Å². The minimum Gasteiger partial charge on any atom is -0.507 e. The normalized spacial score (nSPS) is 12.2. The average molecular weight is 383 g/mol. The molecular weight excluding hydrogens is 373 g/mol. The monoisotopic (exact) mass is 382 g/mol. The maximum Gasteiger partial charge on any atom is 0.491 e. The maximum absolute atomic E-state index is 13.5. The molecule has 0 aliphatic rings. The van der Waals surface area contributed by atoms with Gasteiger partial charge in [-0.05, 0) is 24.3 Å². The summed E-state index contributed by atoms with van der Waals surface area (Å²) in [5, 5.41) is 22.0. The number of phenolic OH excluding ortho intramolecular Hbond substituents is 1. The molecule has 0 aliphatic carbocycles. The molecule has 0 spiro atoms. The molecule has 0 amide bonds. The van der Waals surface area contributed by atoms with Crippen molar-refractivity contribution in [3.05, 3.63) is 63.4 Å². The first-order chi connectivity index (χ1) is 12.3. The Morgan fingerprint density at radius 1 is 1.15 bits per heavy atom. The van der Waals surface area contributed by atoms with Crippen LogP contribution in [0.1, 0.15) is 5.56 Å². The van der Waals surface area contributed by atoms with Crippen LogP contribution in [-0.4, -0.2) is 21.1 Å². The summed E-state index contributed by atoms with van der Waals surface area (Å²) in [6.07, 6.45) is -4.39. The molecule has 1 aromatic heterocycles. The summed E-state index contributed by atoms with van der Waals surface area (Å²) < 4.78 is 40.0. The van der Waals surface area contributed by atoms with Gasteiger partial charge in [0.25, 0.3) is 5.56 Å². The first kappa shape index (κ1) is 17.8. The number of nitrogens with zero attached hydrogens (tertiary/aromatic N) is 2. The average Bonchev–Trinajstić information content (AvgIpc) is 2.57. The number of aromatic hydroxyl groups is 1. The zero-order valence-electron chi connectivity index (χ0n) is 12.8. The molecule has 0 saturated heterocycles. The standard InChI is InChI=1S/C17H10ClF3N2O3/c18-9-5-6-14(24)11(7-9)15-10-3-1-2-4-13(10)23(17(19,20)21)16(25)12(15)8-22-26/h1-8,24,26H. The van der Waals surface area contributed by atoms with Gasteiger partial charge in [-0.2, -0.15) is 0 Å². The minimum atomic E-state index is -5.00. The largest absolute Gasteiger partial charge is 0.507 e. The van der Waals surface area contributed by atoms with Crippen LogP contribution in [0.4, 0.5) is 13.2 Å². The Labute approximate surface area is 149 Å². The highest BCUT2D eigenvalue weighted by Crippen LogP contribution is 2.38. The van der Waals surface area contributed by atoms with E-state index in [4.69, 9.17) is 16.8 Å². The summed E-state index contributed by atoms with van der Waals surface area (Å²) in [4.78, 5) is 12.5. The summed E-state index contributed by atoms with van der Waals surface area (Å²) in [6.45, 7) is 0. The number of halogens is 4. The highest BCUT2D eigenvalue weighted by atomic mass is 35.5. The second kappa shape index (κ2) is 6.38. The van der Waals surface area contributed by atoms with E-state index >= 15 is 0 Å². The first-order valence-electron chi connectivity index (χ1n) is 7.17. The van der Waals surface area contributed by atoms with E-state index in [0.29, 0.717) is 6.21 Å². The number of hydrogen-bond donors (Lipinski definition) is 2. The number of fused-ring (bicyclic) bond motifs is 1. The van der Waals surface area contributed by atoms with E-state index in [-0.39, 0.29) is 31.9 Å². The summed E-state index contributed by atoms with van der Waals surface area (Å²) in [7, 11) is 0. The topological polar surface area (TPSA) is 74.8 Å². The van der Waals surface area contributed by atoms with Gasteiger partial charge in [0, 0.05) is 21.5 Å². The Bertz CT molecular complexity index is 1090. The van der Waals surface area contributed by atoms with Crippen molar-refractivity contribution in [3.8, 4) is 16.9 Å². The van der Waals surface area contributed by atoms with Gasteiger partial charge in [-0.15, -0.1) is 13.2 Å². The molecule has 9 heteroatoms. The van der Waals surface area contributed by atoms with Crippen LogP contribution in [0.3, 0.4) is 0 Å². The second-order valence-electron chi connectivity index (χ2n) is 5.32. The zero-order valence-corrected chi connectivity index (χ0v) is 13.6. The van der Waals surface area contributed by atoms with E-state index in [1.165, 1.54) is 36.4 Å². The molecule has 1 heterocycles. The fourth-order valence-electron chi connectivity index (χ4n) is 2.79. The predicted octanol–water partition coefficient (Wildman–Crippen LogP) is 4.31. The molecule has 0 radical (unpaired) electrons. The predicted molar refractivity (Wildman–Crippen MR) is 91.0 cm³/mol. The van der Waals surface area contributed by atoms with E-state index in [2.05, 4.69) is 5.16 Å². The van der Waals surface area contributed by atoms with E-state index < -0.39 is 22.9 Å². The van der Waals surface area contributed by atoms with Crippen molar-refractivity contribution in [2.45, 2.75) is 6.30 Å². The lowest BCUT2D eigenvalue weighted by molar-refractivity contribution is -0.202. The molecule has 3 aromatic rings. The number of rotatable bonds is 2. The van der Waals surface area contributed by atoms with Gasteiger partial charge in [0.15, 0.2) is 0 Å². The quantitative estimate of drug-likeness (QED) is 0.394. The van der Waals surface area contributed by atoms with Gasteiger partial charge in [0.1, 0.15) is 5.75 Å². The van der Waals surface area contributed by atoms with Crippen molar-refractivity contribution in [1.29, 1.82) is 0 Å². The molecule has 2 aromatic carbocycles. The van der Waals surface area contributed by atoms with Gasteiger partial charge in [0.05, 0.1) is 17.3 Å². The first-order valence-corrected chi connectivity index (χ1v) is 7.54. The lowest BCUT2D eigenvalue weighted by atomic mass is 9.95. The molecule has 0 bridgehead atoms. The van der Waals surface area contributed by atoms with E-state index in [1.54, 1.807) is 0 Å². The van der Waals surface area contributed by atoms with Crippen LogP contribution in [0, 0.1) is 0 Å². The molecule has 0 fully saturated rings. The molecule has 2 N–H and O–H groups in total. The number of aromatic nitrogens is 1. The maximum atomic E-state index is 13.5. The summed E-state index contributed by atoms with van der Waals surface area (Å²) >= 11 is 5.93. The number of phenols is 1. The fourth-order valence-corrected chi connectivity index (χ4v) is 2.96. The Kier molecular flexibility index (Phi) is 4.37. The number of hydrogen-bond acceptors (Lipinski definition) is 4. The SMILES string of the molecule is O=c1c(C=NO)c(-c2cc(Cl)ccc2O)c2ccccc2n1C(F)(F)F. The number of oxime groups is 1. The van der Waals surface area contributed by atoms with Gasteiger partial charge in [-0.3, -0.25) is 4.79 Å². The second-order valence-corrected chi connectivity index (χ2v) is 5.76. The summed E-state index contributed by atoms with van der Waals surface area (Å²) in [5.41, 5.74) is -2.38. The lowest BCUT2D eigenvalue weighted by Crippen LogP contribution is -2.33. The Hall–Kier alpha value is -3.00. The Morgan fingerprint density at radius 3 is 2.50 bits per heavy atom. The highest BCUT2D eigenvalue weighted by Gasteiger charge is 2.35. The molecule has 26 heavy (non-hydrogen) atoms. The van der Waals surface area contributed by atoms with Crippen molar-refractivity contribution in [3.63, 3.8) is 0 Å². The third kappa shape index (κ3) is 2.88. The van der Waals surface area contributed by atoms with Crippen molar-refractivity contribution in [1.82, 2.24) is 4.57 Å². The molecular formula is C17H10ClF3N2O3. The fraction of sp³-hybridized carbons (Fsp3) is 0.0588. The number of pyridine rings is 1. The van der Waals surface area contributed by atoms with E-state index in [1.807, 2.05) is 0 Å². The molecule has 0 atom stereocenters. The van der Waals surface area contributed by atoms with Gasteiger partial charge in [0.2, 0.25) is 0 Å². The zero-order chi connectivity index (χ0) is 19.1. The molecule has 134 valence electrons. The van der Waals surface area contributed by atoms with Crippen LogP contribution in [0.2, 0.25) is 5.02 Å². The number of benzene rings is 2. The van der Waals surface area contributed by atoms with Crippen LogP contribution in [0.5, 0.6) is 5.75 Å². The summed E-state index contributed by atoms with van der Waals surface area (Å²) in [6, 6.07) is 9.28. The van der Waals surface area contributed by atoms with Gasteiger partial charge in [-0.25, -0.2) is 4.57 Å². The van der Waals surface area contributed by atoms with Gasteiger partial charge < -0.3 is 10.3 Å². The highest BCUT2D eigenvalue weighted by molar-refractivity contribution is 6.31. The van der Waals surface area contributed by atoms with Crippen molar-refractivity contribution >= 4 is 28.7 Å². The van der Waals surface area contributed by atoms with Gasteiger partial charge in [-0.1, -0.05) is 35.0 Å². The molecule has 0 saturated carbocycles. The Balaban J connectivity index is 2.61. The van der Waals surface area contributed by atoms with Crippen LogP contribution in [-0.2, 0) is 6.30 Å². The lowest BCUT2D eigenvalue weighted by Gasteiger charge is -2.18. The Morgan fingerprint density at radius 2 is 1.85 bits per heavy atom. The smallest absolute Gasteiger partial charge is 0.491 e. The van der Waals surface area contributed by atoms with Crippen LogP contribution in [0.15, 0.2) is 52.4 Å². The number of para-hydroxylation sites is 1. The van der Waals surface area contributed by atoms with Gasteiger partial charge >= 0.3 is 6.30 Å². The summed E-state index contributed by atoms with van der Waals surface area (Å²) in [5.74, 6) is -0.295. The van der Waals surface area contributed by atoms with Crippen LogP contribution >= 0.6 is 11.6 Å². The molecule has 3 rings (SSSR count). The molecule has 0 unspecified atom stereocenters. The van der Waals surface area contributed by atoms with Crippen LogP contribution < -0.4 is 5.56 Å². The van der Waals surface area contributed by atoms with Crippen LogP contribution in [0.25, 0.3) is 22.0 Å². The van der Waals surface area contributed by atoms with E-state index in [9.17, 15) is 23.1 Å². The number of alkyl halides is 3. The third-order valence-corrected chi connectivity index (χ3v) is 4.02. The molecule has 0 aliphatic heterocycles. The molecule has 5 nitrogen and oxygen atoms in total. The van der Waals surface area contributed by atoms with Crippen molar-refractivity contribution in [2.24, 2.45) is 5.16 Å². The third-order valence-electron chi connectivity index (χ3n) is 3.79. The minimum absolute atomic E-state index is 0.0242.